The summed E-state index contributed by atoms with van der Waals surface area (Å²) in [5.41, 5.74) is 1.85. The molecule has 0 aliphatic rings. The lowest BCUT2D eigenvalue weighted by Crippen LogP contribution is -2.12. The van der Waals surface area contributed by atoms with Crippen LogP contribution in [0.2, 0.25) is 0 Å². The molecule has 0 unspecified atom stereocenters. The zero-order valence-corrected chi connectivity index (χ0v) is 12.5. The van der Waals surface area contributed by atoms with Gasteiger partial charge in [0, 0.05) is 21.6 Å². The number of aromatic hydroxyl groups is 1. The monoisotopic (exact) mass is 342 g/mol. The van der Waals surface area contributed by atoms with Crippen molar-refractivity contribution in [3.8, 4) is 5.75 Å². The molecule has 0 bridgehead atoms. The molecule has 0 atom stereocenters. The normalized spacial score (nSPS) is 10.5. The molecule has 1 heterocycles. The highest BCUT2D eigenvalue weighted by Crippen LogP contribution is 2.24. The van der Waals surface area contributed by atoms with E-state index in [0.29, 0.717) is 11.3 Å². The van der Waals surface area contributed by atoms with Crippen molar-refractivity contribution in [2.45, 2.75) is 0 Å². The highest BCUT2D eigenvalue weighted by atomic mass is 79.9. The number of pyridine rings is 1. The van der Waals surface area contributed by atoms with Gasteiger partial charge in [0.25, 0.3) is 5.91 Å². The number of aromatic nitrogens is 1. The zero-order chi connectivity index (χ0) is 14.8. The Balaban J connectivity index is 1.94. The fourth-order valence-corrected chi connectivity index (χ4v) is 2.39. The summed E-state index contributed by atoms with van der Waals surface area (Å²) in [7, 11) is 0. The number of hydrogen-bond acceptors (Lipinski definition) is 3. The predicted molar refractivity (Wildman–Crippen MR) is 85.5 cm³/mol. The summed E-state index contributed by atoms with van der Waals surface area (Å²) in [6.07, 6.45) is 1.69. The van der Waals surface area contributed by atoms with Gasteiger partial charge in [0.2, 0.25) is 0 Å². The maximum absolute atomic E-state index is 12.2. The van der Waals surface area contributed by atoms with E-state index in [4.69, 9.17) is 0 Å². The number of benzene rings is 2. The van der Waals surface area contributed by atoms with Crippen LogP contribution in [-0.4, -0.2) is 16.0 Å². The van der Waals surface area contributed by atoms with Crippen LogP contribution in [0.5, 0.6) is 5.75 Å². The maximum Gasteiger partial charge on any atom is 0.255 e. The Bertz CT molecular complexity index is 816. The third kappa shape index (κ3) is 2.87. The fourth-order valence-electron chi connectivity index (χ4n) is 2.04. The van der Waals surface area contributed by atoms with E-state index >= 15 is 0 Å². The van der Waals surface area contributed by atoms with Crippen LogP contribution in [-0.2, 0) is 0 Å². The largest absolute Gasteiger partial charge is 0.508 e. The fraction of sp³-hybridized carbons (Fsp3) is 0. The van der Waals surface area contributed by atoms with E-state index in [1.54, 1.807) is 18.3 Å². The number of carbonyl (C=O) groups excluding carboxylic acids is 1. The Morgan fingerprint density at radius 1 is 1.14 bits per heavy atom. The number of phenols is 1. The van der Waals surface area contributed by atoms with Crippen molar-refractivity contribution in [1.82, 2.24) is 4.98 Å². The highest BCUT2D eigenvalue weighted by Gasteiger charge is 2.09. The van der Waals surface area contributed by atoms with Crippen LogP contribution in [0.25, 0.3) is 10.9 Å². The molecule has 0 saturated carbocycles. The number of rotatable bonds is 2. The van der Waals surface area contributed by atoms with Gasteiger partial charge in [-0.1, -0.05) is 12.1 Å². The number of carbonyl (C=O) groups is 1. The minimum Gasteiger partial charge on any atom is -0.508 e. The summed E-state index contributed by atoms with van der Waals surface area (Å²) in [5.74, 6) is -0.115. The quantitative estimate of drug-likeness (QED) is 0.741. The zero-order valence-electron chi connectivity index (χ0n) is 10.9. The number of halogens is 1. The van der Waals surface area contributed by atoms with Gasteiger partial charge >= 0.3 is 0 Å². The first-order valence-electron chi connectivity index (χ1n) is 6.28. The molecule has 0 fully saturated rings. The van der Waals surface area contributed by atoms with E-state index in [-0.39, 0.29) is 11.7 Å². The van der Waals surface area contributed by atoms with Crippen molar-refractivity contribution < 1.29 is 9.90 Å². The maximum atomic E-state index is 12.2. The Morgan fingerprint density at radius 3 is 2.67 bits per heavy atom. The Labute approximate surface area is 129 Å². The summed E-state index contributed by atoms with van der Waals surface area (Å²) in [6.45, 7) is 0. The lowest BCUT2D eigenvalue weighted by Gasteiger charge is -2.08. The number of anilines is 1. The number of nitrogens with one attached hydrogen (secondary N) is 1. The third-order valence-electron chi connectivity index (χ3n) is 3.06. The minimum atomic E-state index is -0.243. The van der Waals surface area contributed by atoms with Gasteiger partial charge in [-0.2, -0.15) is 0 Å². The minimum absolute atomic E-state index is 0.128. The average molecular weight is 343 g/mol. The third-order valence-corrected chi connectivity index (χ3v) is 3.49. The molecule has 1 aromatic heterocycles. The Morgan fingerprint density at radius 2 is 1.90 bits per heavy atom. The van der Waals surface area contributed by atoms with E-state index < -0.39 is 0 Å². The molecule has 2 aromatic carbocycles. The molecule has 0 spiro atoms. The first-order chi connectivity index (χ1) is 10.1. The summed E-state index contributed by atoms with van der Waals surface area (Å²) in [4.78, 5) is 16.5. The Hall–Kier alpha value is -2.40. The van der Waals surface area contributed by atoms with Crippen LogP contribution in [0.3, 0.4) is 0 Å². The van der Waals surface area contributed by atoms with Crippen molar-refractivity contribution in [3.63, 3.8) is 0 Å². The lowest BCUT2D eigenvalue weighted by atomic mass is 10.1. The van der Waals surface area contributed by atoms with Crippen LogP contribution in [0.1, 0.15) is 10.4 Å². The van der Waals surface area contributed by atoms with Crippen LogP contribution in [0.15, 0.2) is 59.2 Å². The van der Waals surface area contributed by atoms with Crippen LogP contribution in [0.4, 0.5) is 5.69 Å². The van der Waals surface area contributed by atoms with Crippen LogP contribution in [0, 0.1) is 0 Å². The topological polar surface area (TPSA) is 62.2 Å². The molecule has 1 amide bonds. The van der Waals surface area contributed by atoms with Crippen LogP contribution >= 0.6 is 15.9 Å². The van der Waals surface area contributed by atoms with E-state index in [9.17, 15) is 9.90 Å². The van der Waals surface area contributed by atoms with Crippen molar-refractivity contribution in [2.75, 3.05) is 5.32 Å². The van der Waals surface area contributed by atoms with Crippen molar-refractivity contribution in [2.24, 2.45) is 0 Å². The van der Waals surface area contributed by atoms with Gasteiger partial charge in [-0.05, 0) is 52.3 Å². The number of para-hydroxylation sites is 1. The second kappa shape index (κ2) is 5.54. The van der Waals surface area contributed by atoms with Gasteiger partial charge in [-0.25, -0.2) is 0 Å². The molecule has 4 nitrogen and oxygen atoms in total. The molecule has 0 radical (unpaired) electrons. The summed E-state index contributed by atoms with van der Waals surface area (Å²) >= 11 is 3.38. The number of amides is 1. The molecule has 21 heavy (non-hydrogen) atoms. The summed E-state index contributed by atoms with van der Waals surface area (Å²) in [6, 6.07) is 13.6. The van der Waals surface area contributed by atoms with Gasteiger partial charge in [-0.15, -0.1) is 0 Å². The van der Waals surface area contributed by atoms with E-state index in [0.717, 1.165) is 15.4 Å². The SMILES string of the molecule is O=C(Nc1cccc2cc(Br)cnc12)c1ccc(O)cc1. The van der Waals surface area contributed by atoms with Gasteiger partial charge in [0.05, 0.1) is 11.2 Å². The van der Waals surface area contributed by atoms with E-state index in [2.05, 4.69) is 26.2 Å². The molecule has 0 aliphatic carbocycles. The average Bonchev–Trinajstić information content (AvgIpc) is 2.47. The molecule has 104 valence electrons. The van der Waals surface area contributed by atoms with Crippen molar-refractivity contribution >= 4 is 38.4 Å². The number of fused-ring (bicyclic) bond motifs is 1. The molecular formula is C16H11BrN2O2. The molecule has 0 aliphatic heterocycles. The standard InChI is InChI=1S/C16H11BrN2O2/c17-12-8-11-2-1-3-14(15(11)18-9-12)19-16(21)10-4-6-13(20)7-5-10/h1-9,20H,(H,19,21). The molecule has 3 rings (SSSR count). The molecular weight excluding hydrogens is 332 g/mol. The second-order valence-electron chi connectivity index (χ2n) is 4.53. The molecule has 3 aromatic rings. The summed E-state index contributed by atoms with van der Waals surface area (Å²) < 4.78 is 0.886. The van der Waals surface area contributed by atoms with Crippen molar-refractivity contribution in [3.05, 3.63) is 64.8 Å². The highest BCUT2D eigenvalue weighted by molar-refractivity contribution is 9.10. The number of hydrogen-bond donors (Lipinski definition) is 2. The van der Waals surface area contributed by atoms with E-state index in [1.165, 1.54) is 12.1 Å². The van der Waals surface area contributed by atoms with E-state index in [1.807, 2.05) is 24.3 Å². The first kappa shape index (κ1) is 13.6. The first-order valence-corrected chi connectivity index (χ1v) is 7.07. The van der Waals surface area contributed by atoms with Gasteiger partial charge in [0.1, 0.15) is 5.75 Å². The molecule has 0 saturated heterocycles. The number of nitrogens with zero attached hydrogens (tertiary/aromatic N) is 1. The number of phenolic OH excluding ortho intramolecular Hbond substituents is 1. The Kier molecular flexibility index (Phi) is 3.58. The predicted octanol–water partition coefficient (Wildman–Crippen LogP) is 3.96. The van der Waals surface area contributed by atoms with Crippen LogP contribution < -0.4 is 5.32 Å². The molecule has 5 heteroatoms. The second-order valence-corrected chi connectivity index (χ2v) is 5.45. The lowest BCUT2D eigenvalue weighted by molar-refractivity contribution is 0.102. The van der Waals surface area contributed by atoms with Crippen molar-refractivity contribution in [1.29, 1.82) is 0 Å². The van der Waals surface area contributed by atoms with Gasteiger partial charge < -0.3 is 10.4 Å². The smallest absolute Gasteiger partial charge is 0.255 e. The summed E-state index contributed by atoms with van der Waals surface area (Å²) in [5, 5.41) is 13.0. The van der Waals surface area contributed by atoms with Gasteiger partial charge in [-0.3, -0.25) is 9.78 Å². The molecule has 2 N–H and O–H groups in total. The van der Waals surface area contributed by atoms with Gasteiger partial charge in [0.15, 0.2) is 0 Å².